The Labute approximate surface area is 142 Å². The number of nitrogens with one attached hydrogen (secondary N) is 1. The van der Waals surface area contributed by atoms with E-state index in [9.17, 15) is 9.59 Å². The van der Waals surface area contributed by atoms with Crippen LogP contribution in [-0.4, -0.2) is 43.8 Å². The molecule has 0 aliphatic carbocycles. The molecule has 0 aromatic heterocycles. The summed E-state index contributed by atoms with van der Waals surface area (Å²) in [7, 11) is 1.31. The highest BCUT2D eigenvalue weighted by atomic mass is 35.5. The molecule has 7 heteroatoms. The summed E-state index contributed by atoms with van der Waals surface area (Å²) in [5, 5.41) is 2.72. The van der Waals surface area contributed by atoms with Crippen molar-refractivity contribution in [3.63, 3.8) is 0 Å². The fourth-order valence-electron chi connectivity index (χ4n) is 2.52. The summed E-state index contributed by atoms with van der Waals surface area (Å²) in [5.74, 6) is -0.757. The van der Waals surface area contributed by atoms with Gasteiger partial charge in [0.15, 0.2) is 0 Å². The van der Waals surface area contributed by atoms with Crippen molar-refractivity contribution >= 4 is 24.3 Å². The number of carbonyl (C=O) groups is 2. The van der Waals surface area contributed by atoms with Crippen LogP contribution in [0, 0.1) is 0 Å². The van der Waals surface area contributed by atoms with Crippen LogP contribution >= 0.6 is 12.4 Å². The Kier molecular flexibility index (Phi) is 8.02. The van der Waals surface area contributed by atoms with E-state index < -0.39 is 18.1 Å². The van der Waals surface area contributed by atoms with Gasteiger partial charge in [0.1, 0.15) is 12.1 Å². The highest BCUT2D eigenvalue weighted by Gasteiger charge is 2.32. The molecule has 1 aliphatic heterocycles. The largest absolute Gasteiger partial charge is 0.467 e. The summed E-state index contributed by atoms with van der Waals surface area (Å²) < 4.78 is 10.3. The number of halogens is 1. The molecule has 0 bridgehead atoms. The third-order valence-electron chi connectivity index (χ3n) is 3.75. The lowest BCUT2D eigenvalue weighted by Crippen LogP contribution is -2.47. The maximum absolute atomic E-state index is 12.2. The molecular formula is C16H23ClN2O4. The average Bonchev–Trinajstić information content (AvgIpc) is 3.03. The number of methoxy groups -OCH3 is 1. The molecule has 1 unspecified atom stereocenters. The van der Waals surface area contributed by atoms with Crippen LogP contribution in [0.4, 0.5) is 0 Å². The van der Waals surface area contributed by atoms with Gasteiger partial charge in [0.2, 0.25) is 5.91 Å². The van der Waals surface area contributed by atoms with E-state index in [1.807, 2.05) is 30.3 Å². The number of rotatable bonds is 6. The zero-order valence-corrected chi connectivity index (χ0v) is 13.9. The molecule has 128 valence electrons. The topological polar surface area (TPSA) is 90.7 Å². The summed E-state index contributed by atoms with van der Waals surface area (Å²) in [4.78, 5) is 24.1. The number of hydrogen-bond acceptors (Lipinski definition) is 5. The number of ether oxygens (including phenoxy) is 2. The van der Waals surface area contributed by atoms with Gasteiger partial charge in [-0.1, -0.05) is 30.3 Å². The van der Waals surface area contributed by atoms with E-state index in [0.717, 1.165) is 12.0 Å². The van der Waals surface area contributed by atoms with Gasteiger partial charge >= 0.3 is 5.97 Å². The standard InChI is InChI=1S/C16H22N2O4.ClH/c1-21-16(20)13(9-11-5-3-2-4-6-11)18-15(19)14-8-7-12(10-17)22-14;/h2-6,12-14H,7-10,17H2,1H3,(H,18,19);1H/t12-,13?,14+;/m1./s1. The van der Waals surface area contributed by atoms with Gasteiger partial charge in [-0.25, -0.2) is 4.79 Å². The fraction of sp³-hybridized carbons (Fsp3) is 0.500. The molecule has 1 fully saturated rings. The molecule has 3 N–H and O–H groups in total. The van der Waals surface area contributed by atoms with Crippen LogP contribution in [0.5, 0.6) is 0 Å². The normalized spacial score (nSPS) is 21.1. The molecule has 2 rings (SSSR count). The summed E-state index contributed by atoms with van der Waals surface area (Å²) in [6.07, 6.45) is 1.13. The highest BCUT2D eigenvalue weighted by molar-refractivity contribution is 5.87. The van der Waals surface area contributed by atoms with Crippen molar-refractivity contribution < 1.29 is 19.1 Å². The number of amides is 1. The molecule has 0 spiro atoms. The second-order valence-corrected chi connectivity index (χ2v) is 5.33. The van der Waals surface area contributed by atoms with Crippen LogP contribution < -0.4 is 11.1 Å². The second kappa shape index (κ2) is 9.50. The number of hydrogen-bond donors (Lipinski definition) is 2. The highest BCUT2D eigenvalue weighted by Crippen LogP contribution is 2.19. The van der Waals surface area contributed by atoms with E-state index in [4.69, 9.17) is 15.2 Å². The number of nitrogens with two attached hydrogens (primary N) is 1. The maximum atomic E-state index is 12.2. The minimum absolute atomic E-state index is 0. The lowest BCUT2D eigenvalue weighted by molar-refractivity contribution is -0.146. The van der Waals surface area contributed by atoms with Crippen molar-refractivity contribution in [1.29, 1.82) is 0 Å². The van der Waals surface area contributed by atoms with Gasteiger partial charge in [0.25, 0.3) is 0 Å². The first-order valence-electron chi connectivity index (χ1n) is 7.41. The van der Waals surface area contributed by atoms with Crippen LogP contribution in [0.1, 0.15) is 18.4 Å². The van der Waals surface area contributed by atoms with Crippen molar-refractivity contribution in [2.75, 3.05) is 13.7 Å². The Morgan fingerprint density at radius 2 is 2.04 bits per heavy atom. The van der Waals surface area contributed by atoms with Crippen molar-refractivity contribution in [2.45, 2.75) is 37.5 Å². The summed E-state index contributed by atoms with van der Waals surface area (Å²) in [6.45, 7) is 0.397. The molecule has 1 heterocycles. The first-order valence-corrected chi connectivity index (χ1v) is 7.41. The predicted octanol–water partition coefficient (Wildman–Crippen LogP) is 0.815. The van der Waals surface area contributed by atoms with Crippen molar-refractivity contribution in [2.24, 2.45) is 5.73 Å². The zero-order valence-electron chi connectivity index (χ0n) is 13.1. The Hall–Kier alpha value is -1.63. The van der Waals surface area contributed by atoms with Crippen LogP contribution in [0.25, 0.3) is 0 Å². The lowest BCUT2D eigenvalue weighted by atomic mass is 10.1. The van der Waals surface area contributed by atoms with E-state index in [1.165, 1.54) is 7.11 Å². The summed E-state index contributed by atoms with van der Waals surface area (Å²) >= 11 is 0. The molecule has 0 radical (unpaired) electrons. The van der Waals surface area contributed by atoms with Crippen LogP contribution in [0.3, 0.4) is 0 Å². The Morgan fingerprint density at radius 1 is 1.35 bits per heavy atom. The molecule has 1 aliphatic rings. The van der Waals surface area contributed by atoms with Gasteiger partial charge in [-0.15, -0.1) is 12.4 Å². The molecule has 0 saturated carbocycles. The quantitative estimate of drug-likeness (QED) is 0.747. The van der Waals surface area contributed by atoms with Gasteiger partial charge < -0.3 is 20.5 Å². The number of esters is 1. The summed E-state index contributed by atoms with van der Waals surface area (Å²) in [5.41, 5.74) is 6.49. The number of benzene rings is 1. The maximum Gasteiger partial charge on any atom is 0.328 e. The minimum Gasteiger partial charge on any atom is -0.467 e. The number of carbonyl (C=O) groups excluding carboxylic acids is 2. The van der Waals surface area contributed by atoms with Gasteiger partial charge in [-0.2, -0.15) is 0 Å². The molecule has 1 aromatic rings. The van der Waals surface area contributed by atoms with Gasteiger partial charge in [-0.3, -0.25) is 4.79 Å². The average molecular weight is 343 g/mol. The van der Waals surface area contributed by atoms with E-state index in [-0.39, 0.29) is 24.4 Å². The third-order valence-corrected chi connectivity index (χ3v) is 3.75. The Morgan fingerprint density at radius 3 is 2.61 bits per heavy atom. The molecule has 23 heavy (non-hydrogen) atoms. The van der Waals surface area contributed by atoms with Crippen LogP contribution in [0.2, 0.25) is 0 Å². The Balaban J connectivity index is 0.00000264. The van der Waals surface area contributed by atoms with Crippen molar-refractivity contribution in [3.05, 3.63) is 35.9 Å². The monoisotopic (exact) mass is 342 g/mol. The van der Waals surface area contributed by atoms with E-state index in [2.05, 4.69) is 5.32 Å². The lowest BCUT2D eigenvalue weighted by Gasteiger charge is -2.19. The smallest absolute Gasteiger partial charge is 0.328 e. The molecule has 1 amide bonds. The molecule has 1 saturated heterocycles. The van der Waals surface area contributed by atoms with E-state index in [0.29, 0.717) is 19.4 Å². The first-order chi connectivity index (χ1) is 10.6. The SMILES string of the molecule is COC(=O)C(Cc1ccccc1)NC(=O)[C@@H]1CC[C@H](CN)O1.Cl. The second-order valence-electron chi connectivity index (χ2n) is 5.33. The van der Waals surface area contributed by atoms with Crippen molar-refractivity contribution in [1.82, 2.24) is 5.32 Å². The minimum atomic E-state index is -0.722. The van der Waals surface area contributed by atoms with Crippen molar-refractivity contribution in [3.8, 4) is 0 Å². The van der Waals surface area contributed by atoms with Gasteiger partial charge in [0, 0.05) is 13.0 Å². The van der Waals surface area contributed by atoms with Gasteiger partial charge in [-0.05, 0) is 18.4 Å². The third kappa shape index (κ3) is 5.49. The first kappa shape index (κ1) is 19.4. The molecule has 1 aromatic carbocycles. The molecule has 6 nitrogen and oxygen atoms in total. The Bertz CT molecular complexity index is 512. The van der Waals surface area contributed by atoms with Crippen LogP contribution in [-0.2, 0) is 25.5 Å². The van der Waals surface area contributed by atoms with E-state index >= 15 is 0 Å². The molecule has 3 atom stereocenters. The predicted molar refractivity (Wildman–Crippen MR) is 88.3 cm³/mol. The van der Waals surface area contributed by atoms with E-state index in [1.54, 1.807) is 0 Å². The summed E-state index contributed by atoms with van der Waals surface area (Å²) in [6, 6.07) is 8.75. The van der Waals surface area contributed by atoms with Crippen LogP contribution in [0.15, 0.2) is 30.3 Å². The fourth-order valence-corrected chi connectivity index (χ4v) is 2.52. The van der Waals surface area contributed by atoms with Gasteiger partial charge in [0.05, 0.1) is 13.2 Å². The molecular weight excluding hydrogens is 320 g/mol. The zero-order chi connectivity index (χ0) is 15.9.